The van der Waals surface area contributed by atoms with Crippen LogP contribution < -0.4 is 10.6 Å². The highest BCUT2D eigenvalue weighted by atomic mass is 16.5. The van der Waals surface area contributed by atoms with Crippen molar-refractivity contribution < 1.29 is 9.15 Å². The van der Waals surface area contributed by atoms with Gasteiger partial charge in [-0.25, -0.2) is 0 Å². The third-order valence-electron chi connectivity index (χ3n) is 6.09. The van der Waals surface area contributed by atoms with Crippen LogP contribution in [0.2, 0.25) is 0 Å². The smallest absolute Gasteiger partial charge is 0.191 e. The summed E-state index contributed by atoms with van der Waals surface area (Å²) >= 11 is 0. The normalized spacial score (nSPS) is 35.1. The molecule has 1 aromatic rings. The van der Waals surface area contributed by atoms with Crippen LogP contribution in [-0.4, -0.2) is 37.3 Å². The van der Waals surface area contributed by atoms with Crippen molar-refractivity contribution in [3.63, 3.8) is 0 Å². The average molecular weight is 345 g/mol. The number of nitrogens with one attached hydrogen (secondary N) is 2. The number of aliphatic imine (C=N–C) groups is 1. The van der Waals surface area contributed by atoms with Gasteiger partial charge in [-0.15, -0.1) is 0 Å². The van der Waals surface area contributed by atoms with E-state index in [1.165, 1.54) is 25.7 Å². The molecule has 2 heterocycles. The van der Waals surface area contributed by atoms with E-state index in [2.05, 4.69) is 17.6 Å². The molecule has 5 heteroatoms. The minimum absolute atomic E-state index is 0.332. The van der Waals surface area contributed by atoms with Crippen LogP contribution in [0.5, 0.6) is 0 Å². The van der Waals surface area contributed by atoms with E-state index in [4.69, 9.17) is 14.1 Å². The number of hydrogen-bond donors (Lipinski definition) is 2. The van der Waals surface area contributed by atoms with Gasteiger partial charge in [-0.1, -0.05) is 6.42 Å². The maximum Gasteiger partial charge on any atom is 0.191 e. The van der Waals surface area contributed by atoms with Gasteiger partial charge >= 0.3 is 0 Å². The highest BCUT2D eigenvalue weighted by Crippen LogP contribution is 2.44. The molecule has 0 amide bonds. The van der Waals surface area contributed by atoms with Gasteiger partial charge in [-0.05, 0) is 63.0 Å². The Morgan fingerprint density at radius 3 is 2.88 bits per heavy atom. The monoisotopic (exact) mass is 345 g/mol. The number of ether oxygens (including phenoxy) is 1. The molecule has 5 nitrogen and oxygen atoms in total. The lowest BCUT2D eigenvalue weighted by molar-refractivity contribution is 0.0165. The van der Waals surface area contributed by atoms with E-state index in [-0.39, 0.29) is 0 Å². The molecule has 4 rings (SSSR count). The van der Waals surface area contributed by atoms with E-state index < -0.39 is 0 Å². The quantitative estimate of drug-likeness (QED) is 0.636. The van der Waals surface area contributed by atoms with Crippen molar-refractivity contribution in [2.75, 3.05) is 13.2 Å². The molecule has 3 fully saturated rings. The predicted molar refractivity (Wildman–Crippen MR) is 98.7 cm³/mol. The van der Waals surface area contributed by atoms with Gasteiger partial charge in [0.25, 0.3) is 0 Å². The fourth-order valence-electron chi connectivity index (χ4n) is 4.79. The number of nitrogens with zero attached hydrogens (tertiary/aromatic N) is 1. The zero-order chi connectivity index (χ0) is 17.1. The number of rotatable bonds is 5. The number of furan rings is 1. The molecule has 5 atom stereocenters. The first-order valence-electron chi connectivity index (χ1n) is 9.98. The summed E-state index contributed by atoms with van der Waals surface area (Å²) < 4.78 is 11.1. The van der Waals surface area contributed by atoms with Crippen LogP contribution in [0.1, 0.15) is 51.2 Å². The second-order valence-corrected chi connectivity index (χ2v) is 8.03. The summed E-state index contributed by atoms with van der Waals surface area (Å²) in [6.07, 6.45) is 10.6. The molecule has 1 aromatic heterocycles. The van der Waals surface area contributed by atoms with Gasteiger partial charge in [-0.3, -0.25) is 4.99 Å². The summed E-state index contributed by atoms with van der Waals surface area (Å²) in [6, 6.07) is 5.02. The number of hydrogen-bond acceptors (Lipinski definition) is 3. The van der Waals surface area contributed by atoms with Gasteiger partial charge in [0.1, 0.15) is 5.76 Å². The van der Waals surface area contributed by atoms with Crippen molar-refractivity contribution in [1.29, 1.82) is 0 Å². The summed E-state index contributed by atoms with van der Waals surface area (Å²) in [5, 5.41) is 7.44. The molecule has 0 radical (unpaired) electrons. The van der Waals surface area contributed by atoms with Crippen molar-refractivity contribution >= 4 is 5.96 Å². The third-order valence-corrected chi connectivity index (χ3v) is 6.09. The predicted octanol–water partition coefficient (Wildman–Crippen LogP) is 3.11. The molecule has 2 saturated carbocycles. The summed E-state index contributed by atoms with van der Waals surface area (Å²) in [6.45, 7) is 3.75. The molecule has 0 spiro atoms. The average Bonchev–Trinajstić information content (AvgIpc) is 3.33. The Morgan fingerprint density at radius 2 is 2.16 bits per heavy atom. The molecular weight excluding hydrogens is 314 g/mol. The van der Waals surface area contributed by atoms with Crippen molar-refractivity contribution in [3.05, 3.63) is 24.2 Å². The van der Waals surface area contributed by atoms with E-state index in [9.17, 15) is 0 Å². The molecular formula is C20H31N3O2. The summed E-state index contributed by atoms with van der Waals surface area (Å²) in [5.41, 5.74) is 0. The third kappa shape index (κ3) is 4.38. The van der Waals surface area contributed by atoms with E-state index in [0.29, 0.717) is 18.2 Å². The highest BCUT2D eigenvalue weighted by Gasteiger charge is 2.40. The minimum atomic E-state index is 0.332. The molecule has 0 aromatic carbocycles. The Bertz CT molecular complexity index is 572. The van der Waals surface area contributed by atoms with E-state index in [1.807, 2.05) is 12.1 Å². The van der Waals surface area contributed by atoms with Crippen LogP contribution in [-0.2, 0) is 11.2 Å². The zero-order valence-corrected chi connectivity index (χ0v) is 15.2. The summed E-state index contributed by atoms with van der Waals surface area (Å²) in [7, 11) is 0. The Labute approximate surface area is 150 Å². The summed E-state index contributed by atoms with van der Waals surface area (Å²) in [5.74, 6) is 3.77. The van der Waals surface area contributed by atoms with Crippen LogP contribution >= 0.6 is 0 Å². The van der Waals surface area contributed by atoms with E-state index in [0.717, 1.165) is 56.0 Å². The van der Waals surface area contributed by atoms with Crippen LogP contribution in [0.15, 0.2) is 27.8 Å². The summed E-state index contributed by atoms with van der Waals surface area (Å²) in [4.78, 5) is 4.86. The second kappa shape index (κ2) is 7.81. The first kappa shape index (κ1) is 17.0. The van der Waals surface area contributed by atoms with Gasteiger partial charge < -0.3 is 19.8 Å². The Kier molecular flexibility index (Phi) is 5.30. The lowest BCUT2D eigenvalue weighted by Crippen LogP contribution is -2.51. The first-order chi connectivity index (χ1) is 12.3. The fraction of sp³-hybridized carbons (Fsp3) is 0.750. The molecule has 3 aliphatic rings. The van der Waals surface area contributed by atoms with Crippen molar-refractivity contribution in [2.45, 2.75) is 70.1 Å². The minimum Gasteiger partial charge on any atom is -0.469 e. The maximum atomic E-state index is 5.68. The molecule has 5 unspecified atom stereocenters. The van der Waals surface area contributed by atoms with Crippen LogP contribution in [0.25, 0.3) is 0 Å². The SMILES string of the molecule is CC1CC(NC(=NCCc2ccco2)NC2CC3CCC2C3)CCO1. The first-order valence-corrected chi connectivity index (χ1v) is 9.98. The maximum absolute atomic E-state index is 5.68. The van der Waals surface area contributed by atoms with Gasteiger partial charge in [0.2, 0.25) is 0 Å². The standard InChI is InChI=1S/C20H31N3O2/c1-14-11-17(7-10-24-14)22-20(21-8-6-18-3-2-9-25-18)23-19-13-15-4-5-16(19)12-15/h2-3,9,14-17,19H,4-8,10-13H2,1H3,(H2,21,22,23). The molecule has 1 saturated heterocycles. The second-order valence-electron chi connectivity index (χ2n) is 8.03. The molecule has 25 heavy (non-hydrogen) atoms. The number of fused-ring (bicyclic) bond motifs is 2. The Hall–Kier alpha value is -1.49. The molecule has 2 aliphatic carbocycles. The molecule has 138 valence electrons. The van der Waals surface area contributed by atoms with Crippen molar-refractivity contribution in [3.8, 4) is 0 Å². The van der Waals surface area contributed by atoms with Gasteiger partial charge in [0.05, 0.1) is 12.4 Å². The molecule has 2 N–H and O–H groups in total. The van der Waals surface area contributed by atoms with Crippen LogP contribution in [0.3, 0.4) is 0 Å². The Balaban J connectivity index is 1.36. The van der Waals surface area contributed by atoms with E-state index in [1.54, 1.807) is 6.26 Å². The van der Waals surface area contributed by atoms with Gasteiger partial charge in [0.15, 0.2) is 5.96 Å². The van der Waals surface area contributed by atoms with Crippen LogP contribution in [0, 0.1) is 11.8 Å². The van der Waals surface area contributed by atoms with Gasteiger partial charge in [-0.2, -0.15) is 0 Å². The Morgan fingerprint density at radius 1 is 1.20 bits per heavy atom. The fourth-order valence-corrected chi connectivity index (χ4v) is 4.79. The van der Waals surface area contributed by atoms with Crippen molar-refractivity contribution in [2.24, 2.45) is 16.8 Å². The lowest BCUT2D eigenvalue weighted by Gasteiger charge is -2.31. The van der Waals surface area contributed by atoms with E-state index >= 15 is 0 Å². The lowest BCUT2D eigenvalue weighted by atomic mass is 9.95. The molecule has 1 aliphatic heterocycles. The van der Waals surface area contributed by atoms with Crippen LogP contribution in [0.4, 0.5) is 0 Å². The van der Waals surface area contributed by atoms with Gasteiger partial charge in [0, 0.05) is 31.7 Å². The van der Waals surface area contributed by atoms with Crippen molar-refractivity contribution in [1.82, 2.24) is 10.6 Å². The highest BCUT2D eigenvalue weighted by molar-refractivity contribution is 5.80. The number of guanidine groups is 1. The largest absolute Gasteiger partial charge is 0.469 e. The topological polar surface area (TPSA) is 58.8 Å². The zero-order valence-electron chi connectivity index (χ0n) is 15.2. The molecule has 2 bridgehead atoms.